The highest BCUT2D eigenvalue weighted by Gasteiger charge is 2.24. The standard InChI is InChI=1S/C13H20N2/c1-13(14,10-15-12-8-5-9-12)11-6-3-2-4-7-11/h2-4,6-7,12,15H,5,8-10,14H2,1H3. The minimum Gasteiger partial charge on any atom is -0.321 e. The van der Waals surface area contributed by atoms with Gasteiger partial charge in [0.05, 0.1) is 5.54 Å². The number of rotatable bonds is 4. The molecule has 0 spiro atoms. The minimum absolute atomic E-state index is 0.253. The topological polar surface area (TPSA) is 38.0 Å². The fourth-order valence-corrected chi connectivity index (χ4v) is 1.89. The quantitative estimate of drug-likeness (QED) is 0.787. The van der Waals surface area contributed by atoms with Crippen molar-refractivity contribution in [3.63, 3.8) is 0 Å². The van der Waals surface area contributed by atoms with Crippen LogP contribution < -0.4 is 11.1 Å². The van der Waals surface area contributed by atoms with E-state index in [0.717, 1.165) is 6.54 Å². The highest BCUT2D eigenvalue weighted by molar-refractivity contribution is 5.23. The Morgan fingerprint density at radius 1 is 1.33 bits per heavy atom. The zero-order chi connectivity index (χ0) is 10.7. The second-order valence-electron chi connectivity index (χ2n) is 4.79. The second-order valence-corrected chi connectivity index (χ2v) is 4.79. The summed E-state index contributed by atoms with van der Waals surface area (Å²) in [5.74, 6) is 0. The fourth-order valence-electron chi connectivity index (χ4n) is 1.89. The van der Waals surface area contributed by atoms with Crippen molar-refractivity contribution in [3.8, 4) is 0 Å². The number of hydrogen-bond donors (Lipinski definition) is 2. The van der Waals surface area contributed by atoms with Crippen LogP contribution in [0.25, 0.3) is 0 Å². The van der Waals surface area contributed by atoms with Crippen LogP contribution >= 0.6 is 0 Å². The van der Waals surface area contributed by atoms with Gasteiger partial charge in [-0.25, -0.2) is 0 Å². The van der Waals surface area contributed by atoms with E-state index in [2.05, 4.69) is 24.4 Å². The summed E-state index contributed by atoms with van der Waals surface area (Å²) in [6, 6.07) is 11.0. The third kappa shape index (κ3) is 2.58. The van der Waals surface area contributed by atoms with Crippen molar-refractivity contribution < 1.29 is 0 Å². The molecule has 0 aromatic heterocycles. The highest BCUT2D eigenvalue weighted by atomic mass is 15.0. The number of nitrogens with one attached hydrogen (secondary N) is 1. The Bertz CT molecular complexity index is 302. The Kier molecular flexibility index (Phi) is 3.08. The molecule has 1 atom stereocenters. The average molecular weight is 204 g/mol. The van der Waals surface area contributed by atoms with E-state index in [1.807, 2.05) is 18.2 Å². The van der Waals surface area contributed by atoms with Crippen LogP contribution in [-0.4, -0.2) is 12.6 Å². The van der Waals surface area contributed by atoms with E-state index < -0.39 is 0 Å². The van der Waals surface area contributed by atoms with E-state index in [9.17, 15) is 0 Å². The molecule has 1 fully saturated rings. The van der Waals surface area contributed by atoms with Gasteiger partial charge in [-0.1, -0.05) is 36.8 Å². The molecule has 1 aromatic rings. The molecule has 1 unspecified atom stereocenters. The van der Waals surface area contributed by atoms with Crippen LogP contribution in [0.5, 0.6) is 0 Å². The van der Waals surface area contributed by atoms with Gasteiger partial charge in [0, 0.05) is 12.6 Å². The first-order valence-corrected chi connectivity index (χ1v) is 5.76. The van der Waals surface area contributed by atoms with Crippen LogP contribution in [-0.2, 0) is 5.54 Å². The smallest absolute Gasteiger partial charge is 0.0507 e. The van der Waals surface area contributed by atoms with Gasteiger partial charge in [-0.2, -0.15) is 0 Å². The van der Waals surface area contributed by atoms with Crippen molar-refractivity contribution in [2.75, 3.05) is 6.54 Å². The molecular formula is C13H20N2. The Morgan fingerprint density at radius 3 is 2.53 bits per heavy atom. The maximum Gasteiger partial charge on any atom is 0.0507 e. The van der Waals surface area contributed by atoms with E-state index in [0.29, 0.717) is 6.04 Å². The molecule has 0 bridgehead atoms. The summed E-state index contributed by atoms with van der Waals surface area (Å²) in [5.41, 5.74) is 7.25. The normalized spacial score (nSPS) is 20.7. The molecule has 0 radical (unpaired) electrons. The number of hydrogen-bond acceptors (Lipinski definition) is 2. The van der Waals surface area contributed by atoms with Crippen LogP contribution in [0.1, 0.15) is 31.7 Å². The van der Waals surface area contributed by atoms with E-state index in [1.54, 1.807) is 0 Å². The van der Waals surface area contributed by atoms with Crippen molar-refractivity contribution in [2.24, 2.45) is 5.73 Å². The van der Waals surface area contributed by atoms with Crippen LogP contribution in [0.3, 0.4) is 0 Å². The van der Waals surface area contributed by atoms with Crippen LogP contribution in [0.2, 0.25) is 0 Å². The maximum atomic E-state index is 6.30. The molecule has 3 N–H and O–H groups in total. The summed E-state index contributed by atoms with van der Waals surface area (Å²) in [6.45, 7) is 2.95. The Balaban J connectivity index is 1.93. The molecule has 1 aliphatic carbocycles. The van der Waals surface area contributed by atoms with Gasteiger partial charge in [0.1, 0.15) is 0 Å². The number of nitrogens with two attached hydrogens (primary N) is 1. The van der Waals surface area contributed by atoms with Crippen LogP contribution in [0.4, 0.5) is 0 Å². The van der Waals surface area contributed by atoms with Crippen molar-refractivity contribution in [2.45, 2.75) is 37.8 Å². The van der Waals surface area contributed by atoms with Crippen molar-refractivity contribution in [3.05, 3.63) is 35.9 Å². The lowest BCUT2D eigenvalue weighted by Crippen LogP contribution is -2.48. The van der Waals surface area contributed by atoms with E-state index in [4.69, 9.17) is 5.73 Å². The van der Waals surface area contributed by atoms with Gasteiger partial charge in [0.25, 0.3) is 0 Å². The summed E-state index contributed by atoms with van der Waals surface area (Å²) >= 11 is 0. The fraction of sp³-hybridized carbons (Fsp3) is 0.538. The van der Waals surface area contributed by atoms with Gasteiger partial charge in [-0.3, -0.25) is 0 Å². The summed E-state index contributed by atoms with van der Waals surface area (Å²) in [5, 5.41) is 3.53. The Hall–Kier alpha value is -0.860. The van der Waals surface area contributed by atoms with Crippen LogP contribution in [0.15, 0.2) is 30.3 Å². The first kappa shape index (κ1) is 10.7. The first-order chi connectivity index (χ1) is 7.18. The molecule has 0 amide bonds. The molecule has 0 saturated heterocycles. The van der Waals surface area contributed by atoms with Gasteiger partial charge in [-0.15, -0.1) is 0 Å². The summed E-state index contributed by atoms with van der Waals surface area (Å²) in [7, 11) is 0. The predicted molar refractivity (Wildman–Crippen MR) is 63.6 cm³/mol. The minimum atomic E-state index is -0.253. The van der Waals surface area contributed by atoms with Crippen LogP contribution in [0, 0.1) is 0 Å². The van der Waals surface area contributed by atoms with Gasteiger partial charge in [0.15, 0.2) is 0 Å². The molecule has 0 heterocycles. The average Bonchev–Trinajstić information content (AvgIpc) is 2.16. The molecule has 2 rings (SSSR count). The molecule has 2 nitrogen and oxygen atoms in total. The monoisotopic (exact) mass is 204 g/mol. The molecule has 1 aliphatic rings. The lowest BCUT2D eigenvalue weighted by Gasteiger charge is -2.32. The zero-order valence-corrected chi connectivity index (χ0v) is 9.37. The van der Waals surface area contributed by atoms with Crippen molar-refractivity contribution >= 4 is 0 Å². The Morgan fingerprint density at radius 2 is 2.00 bits per heavy atom. The van der Waals surface area contributed by atoms with Crippen molar-refractivity contribution in [1.29, 1.82) is 0 Å². The second kappa shape index (κ2) is 4.33. The third-order valence-corrected chi connectivity index (χ3v) is 3.30. The van der Waals surface area contributed by atoms with Crippen molar-refractivity contribution in [1.82, 2.24) is 5.32 Å². The zero-order valence-electron chi connectivity index (χ0n) is 9.37. The largest absolute Gasteiger partial charge is 0.321 e. The molecule has 0 aliphatic heterocycles. The van der Waals surface area contributed by atoms with E-state index >= 15 is 0 Å². The van der Waals surface area contributed by atoms with Gasteiger partial charge in [-0.05, 0) is 25.3 Å². The van der Waals surface area contributed by atoms with E-state index in [1.165, 1.54) is 24.8 Å². The summed E-state index contributed by atoms with van der Waals surface area (Å²) < 4.78 is 0. The predicted octanol–water partition coefficient (Wildman–Crippen LogP) is 2.00. The maximum absolute atomic E-state index is 6.30. The highest BCUT2D eigenvalue weighted by Crippen LogP contribution is 2.21. The summed E-state index contributed by atoms with van der Waals surface area (Å²) in [6.07, 6.45) is 3.99. The lowest BCUT2D eigenvalue weighted by atomic mass is 9.89. The van der Waals surface area contributed by atoms with Gasteiger partial charge >= 0.3 is 0 Å². The molecule has 1 saturated carbocycles. The van der Waals surface area contributed by atoms with E-state index in [-0.39, 0.29) is 5.54 Å². The molecule has 82 valence electrons. The molecular weight excluding hydrogens is 184 g/mol. The molecule has 15 heavy (non-hydrogen) atoms. The van der Waals surface area contributed by atoms with Gasteiger partial charge in [0.2, 0.25) is 0 Å². The molecule has 1 aromatic carbocycles. The SMILES string of the molecule is CC(N)(CNC1CCC1)c1ccccc1. The first-order valence-electron chi connectivity index (χ1n) is 5.76. The van der Waals surface area contributed by atoms with Gasteiger partial charge < -0.3 is 11.1 Å². The third-order valence-electron chi connectivity index (χ3n) is 3.30. The lowest BCUT2D eigenvalue weighted by molar-refractivity contribution is 0.306. The Labute approximate surface area is 91.9 Å². The molecule has 2 heteroatoms. The number of benzene rings is 1. The summed E-state index contributed by atoms with van der Waals surface area (Å²) in [4.78, 5) is 0.